The van der Waals surface area contributed by atoms with Crippen LogP contribution in [0.25, 0.3) is 0 Å². The Morgan fingerprint density at radius 2 is 1.64 bits per heavy atom. The number of esters is 1. The lowest BCUT2D eigenvalue weighted by molar-refractivity contribution is 0.00693. The maximum Gasteiger partial charge on any atom is 0.338 e. The summed E-state index contributed by atoms with van der Waals surface area (Å²) in [6.45, 7) is 5.45. The molecule has 36 heavy (non-hydrogen) atoms. The minimum absolute atomic E-state index is 0.118. The van der Waals surface area contributed by atoms with Crippen molar-refractivity contribution < 1.29 is 23.8 Å². The van der Waals surface area contributed by atoms with E-state index in [0.717, 1.165) is 25.7 Å². The first-order valence-electron chi connectivity index (χ1n) is 12.2. The summed E-state index contributed by atoms with van der Waals surface area (Å²) in [5.41, 5.74) is 1.22. The van der Waals surface area contributed by atoms with Gasteiger partial charge in [0.1, 0.15) is 5.60 Å². The molecule has 0 atom stereocenters. The number of carbonyl (C=O) groups excluding carboxylic acids is 2. The van der Waals surface area contributed by atoms with E-state index in [9.17, 15) is 9.59 Å². The Morgan fingerprint density at radius 3 is 2.31 bits per heavy atom. The van der Waals surface area contributed by atoms with Crippen LogP contribution >= 0.6 is 0 Å². The second-order valence-corrected chi connectivity index (χ2v) is 9.79. The van der Waals surface area contributed by atoms with Crippen molar-refractivity contribution in [2.45, 2.75) is 58.2 Å². The van der Waals surface area contributed by atoms with Gasteiger partial charge in [-0.1, -0.05) is 6.07 Å². The van der Waals surface area contributed by atoms with Gasteiger partial charge in [0.05, 0.1) is 35.7 Å². The highest BCUT2D eigenvalue weighted by Gasteiger charge is 2.25. The molecule has 188 valence electrons. The number of benzene rings is 2. The zero-order chi connectivity index (χ0) is 25.7. The molecule has 4 rings (SSSR count). The van der Waals surface area contributed by atoms with E-state index >= 15 is 0 Å². The van der Waals surface area contributed by atoms with Gasteiger partial charge < -0.3 is 14.2 Å². The number of hydrogen-bond donors (Lipinski definition) is 0. The van der Waals surface area contributed by atoms with Gasteiger partial charge in [-0.25, -0.2) is 4.79 Å². The Bertz CT molecular complexity index is 1210. The number of amides is 1. The predicted octanol–water partition coefficient (Wildman–Crippen LogP) is 6.35. The van der Waals surface area contributed by atoms with E-state index in [4.69, 9.17) is 14.2 Å². The van der Waals surface area contributed by atoms with Gasteiger partial charge in [0.2, 0.25) is 0 Å². The molecule has 1 fully saturated rings. The zero-order valence-corrected chi connectivity index (χ0v) is 21.2. The molecule has 0 saturated heterocycles. The summed E-state index contributed by atoms with van der Waals surface area (Å²) in [7, 11) is 1.60. The van der Waals surface area contributed by atoms with E-state index < -0.39 is 11.6 Å². The quantitative estimate of drug-likeness (QED) is 0.361. The molecule has 1 saturated carbocycles. The lowest BCUT2D eigenvalue weighted by atomic mass is 10.1. The van der Waals surface area contributed by atoms with Crippen LogP contribution in [0.2, 0.25) is 0 Å². The third-order valence-corrected chi connectivity index (χ3v) is 5.85. The van der Waals surface area contributed by atoms with Crippen molar-refractivity contribution in [1.82, 2.24) is 4.98 Å². The van der Waals surface area contributed by atoms with Crippen molar-refractivity contribution >= 4 is 23.3 Å². The zero-order valence-electron chi connectivity index (χ0n) is 21.2. The monoisotopic (exact) mass is 488 g/mol. The van der Waals surface area contributed by atoms with Crippen LogP contribution in [-0.2, 0) is 4.74 Å². The molecule has 7 nitrogen and oxygen atoms in total. The molecule has 0 bridgehead atoms. The van der Waals surface area contributed by atoms with Crippen LogP contribution in [0.15, 0.2) is 67.0 Å². The lowest BCUT2D eigenvalue weighted by Crippen LogP contribution is -2.27. The number of hydrogen-bond acceptors (Lipinski definition) is 6. The van der Waals surface area contributed by atoms with Gasteiger partial charge >= 0.3 is 5.97 Å². The Kier molecular flexibility index (Phi) is 7.58. The van der Waals surface area contributed by atoms with Crippen LogP contribution < -0.4 is 14.4 Å². The number of aromatic nitrogens is 1. The first-order valence-corrected chi connectivity index (χ1v) is 12.2. The molecular weight excluding hydrogens is 456 g/mol. The van der Waals surface area contributed by atoms with E-state index in [1.807, 2.05) is 26.8 Å². The van der Waals surface area contributed by atoms with Gasteiger partial charge in [-0.15, -0.1) is 0 Å². The van der Waals surface area contributed by atoms with Crippen LogP contribution in [-0.4, -0.2) is 35.7 Å². The van der Waals surface area contributed by atoms with Gasteiger partial charge in [-0.05, 0) is 88.9 Å². The molecule has 1 aromatic heterocycles. The second-order valence-electron chi connectivity index (χ2n) is 9.79. The summed E-state index contributed by atoms with van der Waals surface area (Å²) in [5, 5.41) is 0. The summed E-state index contributed by atoms with van der Waals surface area (Å²) >= 11 is 0. The molecule has 1 heterocycles. The fourth-order valence-corrected chi connectivity index (χ4v) is 4.19. The van der Waals surface area contributed by atoms with Gasteiger partial charge in [-0.2, -0.15) is 0 Å². The Labute approximate surface area is 212 Å². The molecule has 1 aliphatic carbocycles. The highest BCUT2D eigenvalue weighted by molar-refractivity contribution is 6.11. The van der Waals surface area contributed by atoms with Crippen molar-refractivity contribution in [3.05, 3.63) is 78.1 Å². The van der Waals surface area contributed by atoms with Crippen LogP contribution in [0.3, 0.4) is 0 Å². The molecule has 0 unspecified atom stereocenters. The standard InChI is InChI=1S/C29H32N2O5/c1-29(2,3)36-28(33)20-9-7-11-22(17-20)31(27(32)21-10-8-16-30-19-21)23-14-15-25(34-4)26(18-23)35-24-12-5-6-13-24/h7-11,14-19,24H,5-6,12-13H2,1-4H3. The van der Waals surface area contributed by atoms with Crippen LogP contribution in [0.5, 0.6) is 11.5 Å². The number of rotatable bonds is 7. The van der Waals surface area contributed by atoms with Gasteiger partial charge in [0.15, 0.2) is 11.5 Å². The molecule has 0 N–H and O–H groups in total. The minimum Gasteiger partial charge on any atom is -0.493 e. The van der Waals surface area contributed by atoms with Gasteiger partial charge in [0.25, 0.3) is 5.91 Å². The number of ether oxygens (including phenoxy) is 3. The minimum atomic E-state index is -0.638. The lowest BCUT2D eigenvalue weighted by Gasteiger charge is -2.25. The fraction of sp³-hybridized carbons (Fsp3) is 0.345. The Hall–Kier alpha value is -3.87. The van der Waals surface area contributed by atoms with Crippen molar-refractivity contribution in [2.24, 2.45) is 0 Å². The predicted molar refractivity (Wildman–Crippen MR) is 138 cm³/mol. The van der Waals surface area contributed by atoms with Gasteiger partial charge in [0, 0.05) is 18.5 Å². The number of methoxy groups -OCH3 is 1. The number of anilines is 2. The molecule has 0 spiro atoms. The molecule has 0 aliphatic heterocycles. The van der Waals surface area contributed by atoms with E-state index in [-0.39, 0.29) is 12.0 Å². The van der Waals surface area contributed by atoms with Crippen LogP contribution in [0, 0.1) is 0 Å². The third-order valence-electron chi connectivity index (χ3n) is 5.85. The highest BCUT2D eigenvalue weighted by Crippen LogP contribution is 2.38. The van der Waals surface area contributed by atoms with Crippen molar-refractivity contribution in [3.63, 3.8) is 0 Å². The fourth-order valence-electron chi connectivity index (χ4n) is 4.19. The molecule has 3 aromatic rings. The summed E-state index contributed by atoms with van der Waals surface area (Å²) < 4.78 is 17.4. The van der Waals surface area contributed by atoms with E-state index in [1.54, 1.807) is 66.7 Å². The summed E-state index contributed by atoms with van der Waals surface area (Å²) in [4.78, 5) is 32.2. The second kappa shape index (κ2) is 10.8. The molecule has 7 heteroatoms. The molecular formula is C29H32N2O5. The molecule has 1 aliphatic rings. The average Bonchev–Trinajstić information content (AvgIpc) is 3.37. The molecule has 1 amide bonds. The molecule has 0 radical (unpaired) electrons. The molecule has 2 aromatic carbocycles. The first kappa shape index (κ1) is 25.2. The number of carbonyl (C=O) groups is 2. The Balaban J connectivity index is 1.77. The summed E-state index contributed by atoms with van der Waals surface area (Å²) in [6, 6.07) is 15.7. The van der Waals surface area contributed by atoms with Crippen molar-refractivity contribution in [2.75, 3.05) is 12.0 Å². The average molecular weight is 489 g/mol. The van der Waals surface area contributed by atoms with Crippen molar-refractivity contribution in [1.29, 1.82) is 0 Å². The topological polar surface area (TPSA) is 78.0 Å². The number of nitrogens with zero attached hydrogens (tertiary/aromatic N) is 2. The van der Waals surface area contributed by atoms with Crippen LogP contribution in [0.1, 0.15) is 67.2 Å². The summed E-state index contributed by atoms with van der Waals surface area (Å²) in [6.07, 6.45) is 7.50. The van der Waals surface area contributed by atoms with E-state index in [0.29, 0.717) is 34.0 Å². The Morgan fingerprint density at radius 1 is 0.917 bits per heavy atom. The SMILES string of the molecule is COc1ccc(N(C(=O)c2cccnc2)c2cccc(C(=O)OC(C)(C)C)c2)cc1OC1CCCC1. The van der Waals surface area contributed by atoms with E-state index in [2.05, 4.69) is 4.98 Å². The first-order chi connectivity index (χ1) is 17.2. The van der Waals surface area contributed by atoms with Gasteiger partial charge in [-0.3, -0.25) is 14.7 Å². The normalized spacial score (nSPS) is 13.8. The number of pyridine rings is 1. The van der Waals surface area contributed by atoms with Crippen molar-refractivity contribution in [3.8, 4) is 11.5 Å². The highest BCUT2D eigenvalue weighted by atomic mass is 16.6. The summed E-state index contributed by atoms with van der Waals surface area (Å²) in [5.74, 6) is 0.427. The van der Waals surface area contributed by atoms with Crippen LogP contribution in [0.4, 0.5) is 11.4 Å². The third kappa shape index (κ3) is 6.03. The van der Waals surface area contributed by atoms with E-state index in [1.165, 1.54) is 6.20 Å². The maximum absolute atomic E-state index is 13.8. The largest absolute Gasteiger partial charge is 0.493 e. The smallest absolute Gasteiger partial charge is 0.338 e. The maximum atomic E-state index is 13.8.